The number of aromatic nitrogens is 2. The zero-order valence-corrected chi connectivity index (χ0v) is 14.9. The second-order valence-electron chi connectivity index (χ2n) is 6.29. The number of amides is 1. The zero-order valence-electron chi connectivity index (χ0n) is 14.1. The first-order valence-electron chi connectivity index (χ1n) is 8.12. The number of pyridine rings is 1. The maximum atomic E-state index is 11.9. The fourth-order valence-corrected chi connectivity index (χ4v) is 2.92. The molecule has 1 fully saturated rings. The normalized spacial score (nSPS) is 16.2. The van der Waals surface area contributed by atoms with E-state index in [-0.39, 0.29) is 11.1 Å². The first kappa shape index (κ1) is 18.0. The molecule has 0 aliphatic heterocycles. The highest BCUT2D eigenvalue weighted by Gasteiger charge is 2.43. The van der Waals surface area contributed by atoms with E-state index >= 15 is 0 Å². The first-order valence-corrected chi connectivity index (χ1v) is 8.50. The standard InChI is InChI=1S/C18H17ClN4O3/c1-18(11-20,12-5-6-12)22-15(24)10-26-16(25)8-7-13-17(19)21-14-4-2-3-9-23(13)14/h2-4,7-9,12H,5-6,10H2,1H3,(H,22,24)/b8-7+/t18-/m0/s1. The quantitative estimate of drug-likeness (QED) is 0.620. The number of esters is 1. The summed E-state index contributed by atoms with van der Waals surface area (Å²) in [7, 11) is 0. The molecule has 0 spiro atoms. The lowest BCUT2D eigenvalue weighted by Gasteiger charge is -2.22. The number of fused-ring (bicyclic) bond motifs is 1. The summed E-state index contributed by atoms with van der Waals surface area (Å²) in [6.45, 7) is 1.23. The van der Waals surface area contributed by atoms with Gasteiger partial charge in [0.2, 0.25) is 0 Å². The van der Waals surface area contributed by atoms with Crippen LogP contribution < -0.4 is 5.32 Å². The fraction of sp³-hybridized carbons (Fsp3) is 0.333. The van der Waals surface area contributed by atoms with E-state index in [1.165, 1.54) is 12.2 Å². The van der Waals surface area contributed by atoms with Crippen molar-refractivity contribution in [3.05, 3.63) is 41.3 Å². The van der Waals surface area contributed by atoms with Gasteiger partial charge in [0.1, 0.15) is 11.2 Å². The van der Waals surface area contributed by atoms with Gasteiger partial charge in [-0.25, -0.2) is 9.78 Å². The SMILES string of the molecule is C[C@@](C#N)(NC(=O)COC(=O)/C=C/c1c(Cl)nc2ccccn12)C1CC1. The highest BCUT2D eigenvalue weighted by Crippen LogP contribution is 2.39. The number of ether oxygens (including phenoxy) is 1. The third-order valence-electron chi connectivity index (χ3n) is 4.27. The second-order valence-corrected chi connectivity index (χ2v) is 6.65. The average molecular weight is 373 g/mol. The van der Waals surface area contributed by atoms with Crippen LogP contribution in [0.15, 0.2) is 30.5 Å². The zero-order chi connectivity index (χ0) is 18.7. The van der Waals surface area contributed by atoms with Crippen LogP contribution in [0.4, 0.5) is 0 Å². The number of nitrogens with one attached hydrogen (secondary N) is 1. The highest BCUT2D eigenvalue weighted by molar-refractivity contribution is 6.31. The van der Waals surface area contributed by atoms with Gasteiger partial charge in [0.15, 0.2) is 11.8 Å². The Morgan fingerprint density at radius 2 is 2.31 bits per heavy atom. The Morgan fingerprint density at radius 3 is 3.00 bits per heavy atom. The molecular weight excluding hydrogens is 356 g/mol. The van der Waals surface area contributed by atoms with Crippen LogP contribution in [0.1, 0.15) is 25.5 Å². The molecule has 8 heteroatoms. The van der Waals surface area contributed by atoms with Crippen molar-refractivity contribution in [1.82, 2.24) is 14.7 Å². The first-order chi connectivity index (χ1) is 12.4. The van der Waals surface area contributed by atoms with Gasteiger partial charge in [0, 0.05) is 12.3 Å². The van der Waals surface area contributed by atoms with Gasteiger partial charge in [-0.3, -0.25) is 9.20 Å². The molecule has 26 heavy (non-hydrogen) atoms. The lowest BCUT2D eigenvalue weighted by molar-refractivity contribution is -0.144. The van der Waals surface area contributed by atoms with Crippen LogP contribution in [0.25, 0.3) is 11.7 Å². The van der Waals surface area contributed by atoms with Gasteiger partial charge < -0.3 is 10.1 Å². The summed E-state index contributed by atoms with van der Waals surface area (Å²) >= 11 is 6.07. The number of rotatable bonds is 6. The fourth-order valence-electron chi connectivity index (χ4n) is 2.67. The minimum absolute atomic E-state index is 0.157. The van der Waals surface area contributed by atoms with Gasteiger partial charge in [0.05, 0.1) is 11.8 Å². The molecule has 7 nitrogen and oxygen atoms in total. The van der Waals surface area contributed by atoms with Crippen molar-refractivity contribution < 1.29 is 14.3 Å². The van der Waals surface area contributed by atoms with Crippen molar-refractivity contribution in [3.8, 4) is 6.07 Å². The Balaban J connectivity index is 1.57. The predicted molar refractivity (Wildman–Crippen MR) is 95.1 cm³/mol. The van der Waals surface area contributed by atoms with E-state index in [4.69, 9.17) is 16.3 Å². The Hall–Kier alpha value is -2.85. The third kappa shape index (κ3) is 3.86. The lowest BCUT2D eigenvalue weighted by atomic mass is 9.98. The molecule has 3 rings (SSSR count). The van der Waals surface area contributed by atoms with Crippen molar-refractivity contribution in [2.24, 2.45) is 5.92 Å². The molecule has 2 aromatic heterocycles. The van der Waals surface area contributed by atoms with E-state index in [0.717, 1.165) is 12.8 Å². The average Bonchev–Trinajstić information content (AvgIpc) is 3.42. The maximum absolute atomic E-state index is 11.9. The maximum Gasteiger partial charge on any atom is 0.331 e. The number of hydrogen-bond acceptors (Lipinski definition) is 5. The molecule has 1 atom stereocenters. The number of halogens is 1. The molecule has 2 aromatic rings. The Bertz CT molecular complexity index is 926. The van der Waals surface area contributed by atoms with E-state index in [0.29, 0.717) is 11.3 Å². The number of nitrogens with zero attached hydrogens (tertiary/aromatic N) is 3. The second kappa shape index (κ2) is 7.18. The van der Waals surface area contributed by atoms with Crippen molar-refractivity contribution in [2.75, 3.05) is 6.61 Å². The minimum atomic E-state index is -0.913. The Kier molecular flexibility index (Phi) is 4.96. The van der Waals surface area contributed by atoms with Crippen molar-refractivity contribution in [3.63, 3.8) is 0 Å². The molecule has 0 unspecified atom stereocenters. The largest absolute Gasteiger partial charge is 0.452 e. The molecule has 1 saturated carbocycles. The molecule has 0 bridgehead atoms. The third-order valence-corrected chi connectivity index (χ3v) is 4.55. The molecule has 0 radical (unpaired) electrons. The number of nitriles is 1. The molecule has 1 aliphatic carbocycles. The van der Waals surface area contributed by atoms with Crippen LogP contribution in [0.2, 0.25) is 5.15 Å². The Labute approximate surface area is 155 Å². The van der Waals surface area contributed by atoms with Gasteiger partial charge in [-0.05, 0) is 43.9 Å². The molecule has 1 aliphatic rings. The van der Waals surface area contributed by atoms with Crippen LogP contribution in [0.3, 0.4) is 0 Å². The minimum Gasteiger partial charge on any atom is -0.452 e. The van der Waals surface area contributed by atoms with Crippen molar-refractivity contribution >= 4 is 35.2 Å². The van der Waals surface area contributed by atoms with E-state index in [2.05, 4.69) is 16.4 Å². The van der Waals surface area contributed by atoms with E-state index in [9.17, 15) is 14.9 Å². The molecular formula is C18H17ClN4O3. The monoisotopic (exact) mass is 372 g/mol. The molecule has 2 heterocycles. The van der Waals surface area contributed by atoms with Crippen molar-refractivity contribution in [2.45, 2.75) is 25.3 Å². The van der Waals surface area contributed by atoms with Crippen LogP contribution >= 0.6 is 11.6 Å². The molecule has 1 amide bonds. The summed E-state index contributed by atoms with van der Waals surface area (Å²) < 4.78 is 6.65. The van der Waals surface area contributed by atoms with Crippen LogP contribution in [-0.4, -0.2) is 33.4 Å². The summed E-state index contributed by atoms with van der Waals surface area (Å²) in [5, 5.41) is 12.1. The summed E-state index contributed by atoms with van der Waals surface area (Å²) in [5.41, 5.74) is 0.277. The smallest absolute Gasteiger partial charge is 0.331 e. The molecule has 0 saturated heterocycles. The highest BCUT2D eigenvalue weighted by atomic mass is 35.5. The van der Waals surface area contributed by atoms with Crippen LogP contribution in [0, 0.1) is 17.2 Å². The number of carbonyl (C=O) groups excluding carboxylic acids is 2. The Morgan fingerprint density at radius 1 is 1.54 bits per heavy atom. The summed E-state index contributed by atoms with van der Waals surface area (Å²) in [4.78, 5) is 27.9. The van der Waals surface area contributed by atoms with E-state index in [1.807, 2.05) is 12.1 Å². The van der Waals surface area contributed by atoms with E-state index in [1.54, 1.807) is 23.6 Å². The summed E-state index contributed by atoms with van der Waals surface area (Å²) in [6.07, 6.45) is 6.25. The molecule has 134 valence electrons. The topological polar surface area (TPSA) is 96.5 Å². The van der Waals surface area contributed by atoms with Gasteiger partial charge in [0.25, 0.3) is 5.91 Å². The van der Waals surface area contributed by atoms with Crippen molar-refractivity contribution in [1.29, 1.82) is 5.26 Å². The number of imidazole rings is 1. The number of carbonyl (C=O) groups is 2. The predicted octanol–water partition coefficient (Wildman–Crippen LogP) is 2.35. The van der Waals surface area contributed by atoms with E-state index < -0.39 is 24.0 Å². The molecule has 1 N–H and O–H groups in total. The van der Waals surface area contributed by atoms with Gasteiger partial charge in [-0.15, -0.1) is 0 Å². The lowest BCUT2D eigenvalue weighted by Crippen LogP contribution is -2.48. The summed E-state index contributed by atoms with van der Waals surface area (Å²) in [5.74, 6) is -1.04. The van der Waals surface area contributed by atoms with Crippen LogP contribution in [-0.2, 0) is 14.3 Å². The summed E-state index contributed by atoms with van der Waals surface area (Å²) in [6, 6.07) is 7.55. The van der Waals surface area contributed by atoms with Gasteiger partial charge in [-0.2, -0.15) is 5.26 Å². The van der Waals surface area contributed by atoms with Gasteiger partial charge in [-0.1, -0.05) is 17.7 Å². The molecule has 0 aromatic carbocycles. The van der Waals surface area contributed by atoms with Gasteiger partial charge >= 0.3 is 5.97 Å². The van der Waals surface area contributed by atoms with Crippen LogP contribution in [0.5, 0.6) is 0 Å². The number of hydrogen-bond donors (Lipinski definition) is 1.